The summed E-state index contributed by atoms with van der Waals surface area (Å²) in [5, 5.41) is 13.5. The molecular weight excluding hydrogens is 240 g/mol. The number of ether oxygens (including phenoxy) is 1. The number of aliphatic hydroxyl groups excluding tert-OH is 1. The Labute approximate surface area is 117 Å². The first-order valence-electron chi connectivity index (χ1n) is 7.77. The number of methoxy groups -OCH3 is 1. The van der Waals surface area contributed by atoms with Crippen LogP contribution in [0.4, 0.5) is 0 Å². The first-order valence-corrected chi connectivity index (χ1v) is 7.77. The minimum atomic E-state index is -0.0143. The van der Waals surface area contributed by atoms with E-state index in [4.69, 9.17) is 4.74 Å². The van der Waals surface area contributed by atoms with Crippen LogP contribution in [0.15, 0.2) is 0 Å². The van der Waals surface area contributed by atoms with Gasteiger partial charge in [0, 0.05) is 37.9 Å². The molecule has 2 N–H and O–H groups in total. The first-order chi connectivity index (χ1) is 9.19. The summed E-state index contributed by atoms with van der Waals surface area (Å²) in [7, 11) is 3.97. The summed E-state index contributed by atoms with van der Waals surface area (Å²) < 4.78 is 5.12. The minimum absolute atomic E-state index is 0.0143. The van der Waals surface area contributed by atoms with Crippen LogP contribution in [0.1, 0.15) is 44.9 Å². The molecule has 19 heavy (non-hydrogen) atoms. The number of hydrogen-bond donors (Lipinski definition) is 2. The maximum absolute atomic E-state index is 9.83. The second-order valence-electron chi connectivity index (χ2n) is 6.43. The van der Waals surface area contributed by atoms with Crippen LogP contribution in [-0.2, 0) is 4.74 Å². The Kier molecular flexibility index (Phi) is 5.63. The maximum Gasteiger partial charge on any atom is 0.0613 e. The van der Waals surface area contributed by atoms with E-state index in [2.05, 4.69) is 17.3 Å². The highest BCUT2D eigenvalue weighted by Crippen LogP contribution is 2.34. The van der Waals surface area contributed by atoms with Gasteiger partial charge in [0.2, 0.25) is 0 Å². The molecule has 0 bridgehead atoms. The van der Waals surface area contributed by atoms with Gasteiger partial charge in [-0.2, -0.15) is 0 Å². The maximum atomic E-state index is 9.83. The van der Waals surface area contributed by atoms with Crippen molar-refractivity contribution < 1.29 is 9.84 Å². The summed E-state index contributed by atoms with van der Waals surface area (Å²) in [5.74, 6) is 0. The predicted octanol–water partition coefficient (Wildman–Crippen LogP) is 1.38. The molecule has 112 valence electrons. The lowest BCUT2D eigenvalue weighted by atomic mass is 9.78. The minimum Gasteiger partial charge on any atom is -0.394 e. The van der Waals surface area contributed by atoms with Crippen LogP contribution in [0.3, 0.4) is 0 Å². The lowest BCUT2D eigenvalue weighted by Crippen LogP contribution is -2.56. The molecule has 0 aromatic heterocycles. The van der Waals surface area contributed by atoms with Crippen molar-refractivity contribution in [2.75, 3.05) is 33.9 Å². The standard InChI is InChI=1S/C15H30N2O2/c1-17(9-4-10-19-2)14-5-3-8-15(11-14,12-18)16-13-6-7-13/h13-14,16,18H,3-12H2,1-2H3. The first kappa shape index (κ1) is 15.2. The van der Waals surface area contributed by atoms with E-state index in [0.717, 1.165) is 32.4 Å². The molecule has 2 rings (SSSR count). The van der Waals surface area contributed by atoms with Crippen LogP contribution in [0.25, 0.3) is 0 Å². The van der Waals surface area contributed by atoms with Crippen molar-refractivity contribution in [1.29, 1.82) is 0 Å². The van der Waals surface area contributed by atoms with Crippen LogP contribution < -0.4 is 5.32 Å². The molecule has 0 saturated heterocycles. The third-order valence-electron chi connectivity index (χ3n) is 4.69. The smallest absolute Gasteiger partial charge is 0.0613 e. The Balaban J connectivity index is 1.83. The van der Waals surface area contributed by atoms with Crippen molar-refractivity contribution in [3.05, 3.63) is 0 Å². The zero-order valence-electron chi connectivity index (χ0n) is 12.5. The van der Waals surface area contributed by atoms with Gasteiger partial charge in [0.25, 0.3) is 0 Å². The van der Waals surface area contributed by atoms with Crippen LogP contribution in [-0.4, -0.2) is 61.5 Å². The molecule has 0 spiro atoms. The van der Waals surface area contributed by atoms with Gasteiger partial charge in [-0.3, -0.25) is 0 Å². The van der Waals surface area contributed by atoms with Gasteiger partial charge in [-0.25, -0.2) is 0 Å². The highest BCUT2D eigenvalue weighted by molar-refractivity contribution is 5.00. The molecule has 4 nitrogen and oxygen atoms in total. The summed E-state index contributed by atoms with van der Waals surface area (Å²) >= 11 is 0. The molecule has 2 aliphatic rings. The predicted molar refractivity (Wildman–Crippen MR) is 77.4 cm³/mol. The number of rotatable bonds is 8. The zero-order chi connectivity index (χ0) is 13.7. The SMILES string of the molecule is COCCCN(C)C1CCCC(CO)(NC2CC2)C1. The molecule has 0 heterocycles. The normalized spacial score (nSPS) is 31.9. The van der Waals surface area contributed by atoms with E-state index in [1.807, 2.05) is 0 Å². The summed E-state index contributed by atoms with van der Waals surface area (Å²) in [5.41, 5.74) is -0.0143. The van der Waals surface area contributed by atoms with E-state index in [-0.39, 0.29) is 12.1 Å². The monoisotopic (exact) mass is 270 g/mol. The molecule has 0 aromatic carbocycles. The Bertz CT molecular complexity index is 271. The van der Waals surface area contributed by atoms with Crippen LogP contribution >= 0.6 is 0 Å². The van der Waals surface area contributed by atoms with Crippen molar-refractivity contribution in [2.45, 2.75) is 62.6 Å². The molecule has 0 aromatic rings. The van der Waals surface area contributed by atoms with Crippen molar-refractivity contribution in [3.8, 4) is 0 Å². The average Bonchev–Trinajstić information content (AvgIpc) is 3.23. The molecule has 4 heteroatoms. The number of nitrogens with zero attached hydrogens (tertiary/aromatic N) is 1. The average molecular weight is 270 g/mol. The highest BCUT2D eigenvalue weighted by atomic mass is 16.5. The van der Waals surface area contributed by atoms with Crippen molar-refractivity contribution in [1.82, 2.24) is 10.2 Å². The molecule has 0 radical (unpaired) electrons. The van der Waals surface area contributed by atoms with E-state index in [1.165, 1.54) is 25.7 Å². The molecule has 2 fully saturated rings. The summed E-state index contributed by atoms with van der Waals surface area (Å²) in [4.78, 5) is 2.46. The fraction of sp³-hybridized carbons (Fsp3) is 1.00. The number of hydrogen-bond acceptors (Lipinski definition) is 4. The summed E-state index contributed by atoms with van der Waals surface area (Å²) in [6, 6.07) is 1.27. The Hall–Kier alpha value is -0.160. The van der Waals surface area contributed by atoms with Crippen molar-refractivity contribution in [3.63, 3.8) is 0 Å². The Morgan fingerprint density at radius 2 is 2.16 bits per heavy atom. The van der Waals surface area contributed by atoms with E-state index in [0.29, 0.717) is 12.1 Å². The number of nitrogens with one attached hydrogen (secondary N) is 1. The van der Waals surface area contributed by atoms with Gasteiger partial charge in [-0.15, -0.1) is 0 Å². The van der Waals surface area contributed by atoms with E-state index >= 15 is 0 Å². The third kappa shape index (κ3) is 4.42. The molecule has 2 saturated carbocycles. The fourth-order valence-corrected chi connectivity index (χ4v) is 3.33. The summed E-state index contributed by atoms with van der Waals surface area (Å²) in [6.45, 7) is 2.21. The van der Waals surface area contributed by atoms with Crippen LogP contribution in [0.2, 0.25) is 0 Å². The van der Waals surface area contributed by atoms with Crippen molar-refractivity contribution in [2.24, 2.45) is 0 Å². The van der Waals surface area contributed by atoms with Gasteiger partial charge < -0.3 is 20.1 Å². The quantitative estimate of drug-likeness (QED) is 0.654. The zero-order valence-corrected chi connectivity index (χ0v) is 12.5. The van der Waals surface area contributed by atoms with Gasteiger partial charge in [0.15, 0.2) is 0 Å². The van der Waals surface area contributed by atoms with Gasteiger partial charge >= 0.3 is 0 Å². The Morgan fingerprint density at radius 1 is 1.37 bits per heavy atom. The fourth-order valence-electron chi connectivity index (χ4n) is 3.33. The lowest BCUT2D eigenvalue weighted by Gasteiger charge is -2.43. The molecule has 2 aliphatic carbocycles. The van der Waals surface area contributed by atoms with E-state index in [9.17, 15) is 5.11 Å². The number of aliphatic hydroxyl groups is 1. The molecular formula is C15H30N2O2. The van der Waals surface area contributed by atoms with Gasteiger partial charge in [-0.1, -0.05) is 0 Å². The van der Waals surface area contributed by atoms with E-state index in [1.54, 1.807) is 7.11 Å². The lowest BCUT2D eigenvalue weighted by molar-refractivity contribution is 0.0644. The molecule has 2 unspecified atom stereocenters. The largest absolute Gasteiger partial charge is 0.394 e. The van der Waals surface area contributed by atoms with Gasteiger partial charge in [-0.05, 0) is 52.0 Å². The van der Waals surface area contributed by atoms with Crippen LogP contribution in [0.5, 0.6) is 0 Å². The summed E-state index contributed by atoms with van der Waals surface area (Å²) in [6.07, 6.45) is 8.36. The molecule has 2 atom stereocenters. The second-order valence-corrected chi connectivity index (χ2v) is 6.43. The highest BCUT2D eigenvalue weighted by Gasteiger charge is 2.40. The van der Waals surface area contributed by atoms with Crippen LogP contribution in [0, 0.1) is 0 Å². The molecule has 0 aliphatic heterocycles. The van der Waals surface area contributed by atoms with Crippen molar-refractivity contribution >= 4 is 0 Å². The topological polar surface area (TPSA) is 44.7 Å². The van der Waals surface area contributed by atoms with Gasteiger partial charge in [0.05, 0.1) is 6.61 Å². The Morgan fingerprint density at radius 3 is 2.79 bits per heavy atom. The third-order valence-corrected chi connectivity index (χ3v) is 4.69. The van der Waals surface area contributed by atoms with E-state index < -0.39 is 0 Å². The second kappa shape index (κ2) is 7.02. The van der Waals surface area contributed by atoms with Gasteiger partial charge in [0.1, 0.15) is 0 Å². The molecule has 0 amide bonds.